The van der Waals surface area contributed by atoms with Crippen molar-refractivity contribution in [3.05, 3.63) is 28.2 Å². The fourth-order valence-corrected chi connectivity index (χ4v) is 6.01. The predicted octanol–water partition coefficient (Wildman–Crippen LogP) is 4.25. The van der Waals surface area contributed by atoms with Gasteiger partial charge in [-0.15, -0.1) is 0 Å². The van der Waals surface area contributed by atoms with Gasteiger partial charge in [-0.3, -0.25) is 4.79 Å². The van der Waals surface area contributed by atoms with Crippen LogP contribution in [0.5, 0.6) is 5.75 Å². The quantitative estimate of drug-likeness (QED) is 0.608. The number of benzene rings is 1. The number of halogens is 2. The largest absolute Gasteiger partial charge is 0.487 e. The van der Waals surface area contributed by atoms with Crippen LogP contribution in [-0.4, -0.2) is 29.9 Å². The molecule has 4 saturated carbocycles. The Labute approximate surface area is 157 Å². The topological polar surface area (TPSA) is 55.8 Å². The Kier molecular flexibility index (Phi) is 4.41. The van der Waals surface area contributed by atoms with Crippen molar-refractivity contribution in [2.75, 3.05) is 13.2 Å². The highest BCUT2D eigenvalue weighted by Crippen LogP contribution is 2.61. The number of esters is 1. The number of para-hydroxylation sites is 1. The first kappa shape index (κ1) is 17.4. The van der Waals surface area contributed by atoms with Gasteiger partial charge in [0.25, 0.3) is 0 Å². The summed E-state index contributed by atoms with van der Waals surface area (Å²) < 4.78 is 11.1. The smallest absolute Gasteiger partial charge is 0.312 e. The van der Waals surface area contributed by atoms with Gasteiger partial charge >= 0.3 is 5.97 Å². The lowest BCUT2D eigenvalue weighted by molar-refractivity contribution is -0.196. The van der Waals surface area contributed by atoms with Crippen LogP contribution in [0.1, 0.15) is 38.5 Å². The van der Waals surface area contributed by atoms with Gasteiger partial charge in [0.2, 0.25) is 0 Å². The lowest BCUT2D eigenvalue weighted by Crippen LogP contribution is -2.58. The van der Waals surface area contributed by atoms with E-state index < -0.39 is 11.0 Å². The minimum atomic E-state index is -0.662. The third kappa shape index (κ3) is 3.24. The first-order chi connectivity index (χ1) is 11.9. The van der Waals surface area contributed by atoms with Crippen molar-refractivity contribution in [3.63, 3.8) is 0 Å². The zero-order valence-corrected chi connectivity index (χ0v) is 15.5. The highest BCUT2D eigenvalue weighted by molar-refractivity contribution is 6.37. The van der Waals surface area contributed by atoms with Crippen LogP contribution in [0.4, 0.5) is 0 Å². The van der Waals surface area contributed by atoms with Crippen molar-refractivity contribution in [3.8, 4) is 5.75 Å². The third-order valence-electron chi connectivity index (χ3n) is 5.95. The molecular formula is C19H22Cl2O4. The molecule has 0 radical (unpaired) electrons. The molecule has 136 valence electrons. The van der Waals surface area contributed by atoms with E-state index in [1.807, 2.05) is 0 Å². The van der Waals surface area contributed by atoms with E-state index in [-0.39, 0.29) is 19.2 Å². The van der Waals surface area contributed by atoms with Gasteiger partial charge in [-0.2, -0.15) is 0 Å². The van der Waals surface area contributed by atoms with Crippen molar-refractivity contribution in [1.29, 1.82) is 0 Å². The third-order valence-corrected chi connectivity index (χ3v) is 6.54. The molecule has 4 nitrogen and oxygen atoms in total. The van der Waals surface area contributed by atoms with Crippen LogP contribution in [-0.2, 0) is 9.53 Å². The molecule has 1 aromatic carbocycles. The molecule has 0 spiro atoms. The Bertz CT molecular complexity index is 656. The van der Waals surface area contributed by atoms with Gasteiger partial charge in [0.1, 0.15) is 13.2 Å². The molecule has 2 atom stereocenters. The summed E-state index contributed by atoms with van der Waals surface area (Å²) >= 11 is 12.1. The number of hydrogen-bond acceptors (Lipinski definition) is 4. The average Bonchev–Trinajstić information content (AvgIpc) is 2.51. The molecule has 5 rings (SSSR count). The Morgan fingerprint density at radius 2 is 1.76 bits per heavy atom. The number of rotatable bonds is 5. The highest BCUT2D eigenvalue weighted by Gasteiger charge is 2.60. The maximum Gasteiger partial charge on any atom is 0.312 e. The molecule has 0 aromatic heterocycles. The van der Waals surface area contributed by atoms with Crippen LogP contribution in [0.15, 0.2) is 18.2 Å². The fourth-order valence-electron chi connectivity index (χ4n) is 5.50. The van der Waals surface area contributed by atoms with Crippen molar-refractivity contribution < 1.29 is 19.4 Å². The lowest BCUT2D eigenvalue weighted by atomic mass is 9.48. The summed E-state index contributed by atoms with van der Waals surface area (Å²) in [5, 5.41) is 11.6. The van der Waals surface area contributed by atoms with Gasteiger partial charge in [-0.25, -0.2) is 0 Å². The second-order valence-corrected chi connectivity index (χ2v) is 8.82. The highest BCUT2D eigenvalue weighted by atomic mass is 35.5. The average molecular weight is 385 g/mol. The Balaban J connectivity index is 1.34. The van der Waals surface area contributed by atoms with E-state index in [1.54, 1.807) is 18.2 Å². The number of ether oxygens (including phenoxy) is 2. The van der Waals surface area contributed by atoms with Gasteiger partial charge in [-0.05, 0) is 62.5 Å². The summed E-state index contributed by atoms with van der Waals surface area (Å²) in [5.41, 5.74) is -1.16. The van der Waals surface area contributed by atoms with Crippen LogP contribution in [0.25, 0.3) is 0 Å². The monoisotopic (exact) mass is 384 g/mol. The lowest BCUT2D eigenvalue weighted by Gasteiger charge is -2.58. The number of aliphatic hydroxyl groups is 1. The van der Waals surface area contributed by atoms with E-state index >= 15 is 0 Å². The molecule has 25 heavy (non-hydrogen) atoms. The number of carbonyl (C=O) groups excluding carboxylic acids is 1. The molecule has 4 bridgehead atoms. The Morgan fingerprint density at radius 1 is 1.12 bits per heavy atom. The van der Waals surface area contributed by atoms with Crippen LogP contribution < -0.4 is 4.74 Å². The standard InChI is InChI=1S/C19H22Cl2O4/c20-14-2-1-3-15(21)16(14)24-4-5-25-17(22)18-7-12-6-13(8-18)10-19(23,9-12)11-18/h1-3,12-13,23H,4-11H2/t12-,13-,18?,19?/m1/s1. The van der Waals surface area contributed by atoms with Crippen LogP contribution in [0.3, 0.4) is 0 Å². The fraction of sp³-hybridized carbons (Fsp3) is 0.632. The van der Waals surface area contributed by atoms with Crippen molar-refractivity contribution >= 4 is 29.2 Å². The van der Waals surface area contributed by atoms with Crippen LogP contribution >= 0.6 is 23.2 Å². The van der Waals surface area contributed by atoms with E-state index in [4.69, 9.17) is 32.7 Å². The molecule has 4 aliphatic rings. The van der Waals surface area contributed by atoms with Crippen molar-refractivity contribution in [2.45, 2.75) is 44.1 Å². The Morgan fingerprint density at radius 3 is 2.36 bits per heavy atom. The van der Waals surface area contributed by atoms with Crippen LogP contribution in [0, 0.1) is 17.3 Å². The van der Waals surface area contributed by atoms with Gasteiger partial charge in [0.05, 0.1) is 21.1 Å². The zero-order valence-electron chi connectivity index (χ0n) is 14.0. The maximum absolute atomic E-state index is 12.7. The predicted molar refractivity (Wildman–Crippen MR) is 95.0 cm³/mol. The molecule has 0 heterocycles. The normalized spacial score (nSPS) is 35.6. The molecule has 4 fully saturated rings. The Hall–Kier alpha value is -0.970. The summed E-state index contributed by atoms with van der Waals surface area (Å²) in [6.07, 6.45) is 5.07. The van der Waals surface area contributed by atoms with E-state index in [1.165, 1.54) is 0 Å². The molecule has 4 aliphatic carbocycles. The molecular weight excluding hydrogens is 363 g/mol. The molecule has 1 N–H and O–H groups in total. The summed E-state index contributed by atoms with van der Waals surface area (Å²) in [6, 6.07) is 5.14. The molecule has 0 aliphatic heterocycles. The molecule has 0 saturated heterocycles. The van der Waals surface area contributed by atoms with Crippen LogP contribution in [0.2, 0.25) is 10.0 Å². The van der Waals surface area contributed by atoms with E-state index in [2.05, 4.69) is 0 Å². The first-order valence-corrected chi connectivity index (χ1v) is 9.61. The van der Waals surface area contributed by atoms with E-state index in [0.29, 0.717) is 34.1 Å². The summed E-state index contributed by atoms with van der Waals surface area (Å²) in [6.45, 7) is 0.346. The second kappa shape index (κ2) is 6.33. The van der Waals surface area contributed by atoms with Crippen molar-refractivity contribution in [2.24, 2.45) is 17.3 Å². The molecule has 0 unspecified atom stereocenters. The second-order valence-electron chi connectivity index (χ2n) is 8.00. The van der Waals surface area contributed by atoms with Crippen molar-refractivity contribution in [1.82, 2.24) is 0 Å². The maximum atomic E-state index is 12.7. The van der Waals surface area contributed by atoms with Gasteiger partial charge in [-0.1, -0.05) is 29.3 Å². The van der Waals surface area contributed by atoms with Gasteiger partial charge in [0.15, 0.2) is 5.75 Å². The minimum absolute atomic E-state index is 0.149. The first-order valence-electron chi connectivity index (χ1n) is 8.86. The van der Waals surface area contributed by atoms with Gasteiger partial charge in [0, 0.05) is 0 Å². The molecule has 0 amide bonds. The van der Waals surface area contributed by atoms with Gasteiger partial charge < -0.3 is 14.6 Å². The SMILES string of the molecule is O=C(OCCOc1c(Cl)cccc1Cl)C12C[C@H]3C[C@@H](CC(O)(C3)C1)C2. The minimum Gasteiger partial charge on any atom is -0.487 e. The van der Waals surface area contributed by atoms with E-state index in [0.717, 1.165) is 32.1 Å². The molecule has 1 aromatic rings. The number of carbonyl (C=O) groups is 1. The zero-order chi connectivity index (χ0) is 17.7. The molecule has 6 heteroatoms. The summed E-state index contributed by atoms with van der Waals surface area (Å²) in [4.78, 5) is 12.7. The van der Waals surface area contributed by atoms with E-state index in [9.17, 15) is 9.90 Å². The summed E-state index contributed by atoms with van der Waals surface area (Å²) in [5.74, 6) is 1.13. The number of hydrogen-bond donors (Lipinski definition) is 1. The summed E-state index contributed by atoms with van der Waals surface area (Å²) in [7, 11) is 0.